The smallest absolute Gasteiger partial charge is 0.303 e. The predicted octanol–water partition coefficient (Wildman–Crippen LogP) is 1.20. The molecular weight excluding hydrogens is 348 g/mol. The quantitative estimate of drug-likeness (QED) is 0.785. The van der Waals surface area contributed by atoms with E-state index >= 15 is 0 Å². The molecule has 0 saturated carbocycles. The zero-order chi connectivity index (χ0) is 19.6. The molecule has 144 valence electrons. The molecule has 0 aromatic carbocycles. The topological polar surface area (TPSA) is 107 Å². The van der Waals surface area contributed by atoms with Crippen molar-refractivity contribution in [2.24, 2.45) is 0 Å². The second-order valence-corrected chi connectivity index (χ2v) is 7.22. The first-order valence-corrected chi connectivity index (χ1v) is 8.92. The summed E-state index contributed by atoms with van der Waals surface area (Å²) in [6.45, 7) is 3.14. The van der Waals surface area contributed by atoms with E-state index in [1.54, 1.807) is 19.4 Å². The summed E-state index contributed by atoms with van der Waals surface area (Å²) in [5, 5.41) is 20.6. The Morgan fingerprint density at radius 1 is 1.37 bits per heavy atom. The van der Waals surface area contributed by atoms with Gasteiger partial charge in [0.25, 0.3) is 0 Å². The molecule has 8 nitrogen and oxygen atoms in total. The van der Waals surface area contributed by atoms with Crippen LogP contribution in [0, 0.1) is 6.92 Å². The van der Waals surface area contributed by atoms with E-state index in [4.69, 9.17) is 5.11 Å². The molecule has 0 aliphatic carbocycles. The van der Waals surface area contributed by atoms with Gasteiger partial charge in [-0.15, -0.1) is 0 Å². The number of carbonyl (C=O) groups excluding carboxylic acids is 1. The van der Waals surface area contributed by atoms with Crippen LogP contribution in [0.4, 0.5) is 5.69 Å². The summed E-state index contributed by atoms with van der Waals surface area (Å²) in [4.78, 5) is 34.9. The minimum Gasteiger partial charge on any atom is -0.481 e. The van der Waals surface area contributed by atoms with Crippen molar-refractivity contribution in [3.8, 4) is 0 Å². The highest BCUT2D eigenvalue weighted by Crippen LogP contribution is 2.32. The number of rotatable bonds is 6. The van der Waals surface area contributed by atoms with Gasteiger partial charge in [0.15, 0.2) is 0 Å². The van der Waals surface area contributed by atoms with Gasteiger partial charge >= 0.3 is 5.97 Å². The fourth-order valence-electron chi connectivity index (χ4n) is 3.57. The van der Waals surface area contributed by atoms with E-state index in [1.165, 1.54) is 4.90 Å². The van der Waals surface area contributed by atoms with E-state index in [2.05, 4.69) is 14.9 Å². The molecule has 2 N–H and O–H groups in total. The summed E-state index contributed by atoms with van der Waals surface area (Å²) in [5.41, 5.74) is 1.68. The lowest BCUT2D eigenvalue weighted by molar-refractivity contribution is -0.141. The number of pyridine rings is 2. The van der Waals surface area contributed by atoms with E-state index in [1.807, 2.05) is 19.1 Å². The monoisotopic (exact) mass is 372 g/mol. The van der Waals surface area contributed by atoms with Crippen LogP contribution in [-0.4, -0.2) is 69.2 Å². The van der Waals surface area contributed by atoms with Crippen LogP contribution in [0.1, 0.15) is 25.0 Å². The second kappa shape index (κ2) is 7.48. The molecule has 0 spiro atoms. The lowest BCUT2D eigenvalue weighted by atomic mass is 10.0. The summed E-state index contributed by atoms with van der Waals surface area (Å²) in [7, 11) is 1.60. The largest absolute Gasteiger partial charge is 0.481 e. The van der Waals surface area contributed by atoms with E-state index in [0.29, 0.717) is 19.5 Å². The summed E-state index contributed by atoms with van der Waals surface area (Å²) in [5.74, 6) is -1.28. The third-order valence-corrected chi connectivity index (χ3v) is 4.90. The molecule has 1 saturated heterocycles. The average molecular weight is 372 g/mol. The number of aliphatic carboxylic acids is 1. The number of amides is 1. The van der Waals surface area contributed by atoms with Crippen molar-refractivity contribution in [2.75, 3.05) is 31.6 Å². The van der Waals surface area contributed by atoms with Crippen LogP contribution in [0.3, 0.4) is 0 Å². The van der Waals surface area contributed by atoms with Gasteiger partial charge in [-0.2, -0.15) is 0 Å². The van der Waals surface area contributed by atoms with Crippen molar-refractivity contribution in [3.63, 3.8) is 0 Å². The van der Waals surface area contributed by atoms with Gasteiger partial charge in [0.1, 0.15) is 5.60 Å². The molecule has 1 aliphatic rings. The number of β-amino-alcohol motifs (C(OH)–C–C–N with tert-alkyl or cyclic N) is 1. The number of hydrogen-bond acceptors (Lipinski definition) is 6. The van der Waals surface area contributed by atoms with Crippen molar-refractivity contribution in [1.29, 1.82) is 0 Å². The van der Waals surface area contributed by atoms with Crippen LogP contribution >= 0.6 is 0 Å². The molecule has 0 radical (unpaired) electrons. The van der Waals surface area contributed by atoms with Crippen LogP contribution in [0.2, 0.25) is 0 Å². The lowest BCUT2D eigenvalue weighted by Gasteiger charge is -2.29. The first-order valence-electron chi connectivity index (χ1n) is 8.92. The van der Waals surface area contributed by atoms with E-state index in [9.17, 15) is 14.7 Å². The number of aryl methyl sites for hydroxylation is 1. The normalized spacial score (nSPS) is 19.4. The van der Waals surface area contributed by atoms with Crippen LogP contribution in [-0.2, 0) is 9.59 Å². The molecule has 27 heavy (non-hydrogen) atoms. The zero-order valence-electron chi connectivity index (χ0n) is 15.6. The van der Waals surface area contributed by atoms with Crippen molar-refractivity contribution in [3.05, 3.63) is 30.2 Å². The highest BCUT2D eigenvalue weighted by atomic mass is 16.4. The number of carboxylic acid groups (broad SMARTS) is 1. The Labute approximate surface area is 157 Å². The molecule has 2 aromatic heterocycles. The third kappa shape index (κ3) is 4.33. The number of likely N-dealkylation sites (N-methyl/N-ethyl adjacent to an activating group) is 1. The first-order chi connectivity index (χ1) is 12.8. The Bertz CT molecular complexity index is 872. The fraction of sp³-hybridized carbons (Fsp3) is 0.474. The molecule has 1 amide bonds. The van der Waals surface area contributed by atoms with Crippen molar-refractivity contribution in [1.82, 2.24) is 14.9 Å². The number of nitrogens with zero attached hydrogens (tertiary/aromatic N) is 4. The van der Waals surface area contributed by atoms with Crippen LogP contribution in [0.25, 0.3) is 10.9 Å². The number of hydrogen-bond donors (Lipinski definition) is 2. The summed E-state index contributed by atoms with van der Waals surface area (Å²) in [6.07, 6.45) is 3.73. The van der Waals surface area contributed by atoms with Gasteiger partial charge in [0, 0.05) is 55.7 Å². The maximum atomic E-state index is 12.1. The standard InChI is InChI=1S/C19H24N4O4/c1-13-9-16(14-10-20-7-5-15(14)21-13)23-8-6-19(27,12-23)11-22(2)17(24)3-4-18(25)26/h5,7,9-10,27H,3-4,6,8,11-12H2,1-2H3,(H,25,26). The Kier molecular flexibility index (Phi) is 5.27. The van der Waals surface area contributed by atoms with Crippen molar-refractivity contribution in [2.45, 2.75) is 31.8 Å². The summed E-state index contributed by atoms with van der Waals surface area (Å²) < 4.78 is 0. The molecule has 3 rings (SSSR count). The van der Waals surface area contributed by atoms with Gasteiger partial charge in [-0.05, 0) is 25.5 Å². The minimum atomic E-state index is -1.04. The second-order valence-electron chi connectivity index (χ2n) is 7.22. The van der Waals surface area contributed by atoms with Gasteiger partial charge in [-0.3, -0.25) is 19.6 Å². The molecule has 1 fully saturated rings. The van der Waals surface area contributed by atoms with Gasteiger partial charge < -0.3 is 20.0 Å². The number of anilines is 1. The number of aromatic nitrogens is 2. The Morgan fingerprint density at radius 2 is 2.15 bits per heavy atom. The molecular formula is C19H24N4O4. The minimum absolute atomic E-state index is 0.0640. The molecule has 1 atom stereocenters. The molecule has 1 unspecified atom stereocenters. The van der Waals surface area contributed by atoms with Crippen LogP contribution < -0.4 is 4.90 Å². The number of carboxylic acids is 1. The molecule has 1 aliphatic heterocycles. The zero-order valence-corrected chi connectivity index (χ0v) is 15.6. The van der Waals surface area contributed by atoms with Gasteiger partial charge in [0.05, 0.1) is 18.5 Å². The number of fused-ring (bicyclic) bond motifs is 1. The van der Waals surface area contributed by atoms with Crippen molar-refractivity contribution < 1.29 is 19.8 Å². The lowest BCUT2D eigenvalue weighted by Crippen LogP contribution is -2.45. The first kappa shape index (κ1) is 19.0. The number of aliphatic hydroxyl groups is 1. The maximum Gasteiger partial charge on any atom is 0.303 e. The Morgan fingerprint density at radius 3 is 2.89 bits per heavy atom. The SMILES string of the molecule is Cc1cc(N2CCC(O)(CN(C)C(=O)CCC(=O)O)C2)c2cnccc2n1. The highest BCUT2D eigenvalue weighted by Gasteiger charge is 2.38. The molecule has 3 heterocycles. The van der Waals surface area contributed by atoms with Gasteiger partial charge in [0.2, 0.25) is 5.91 Å². The van der Waals surface area contributed by atoms with E-state index in [-0.39, 0.29) is 25.3 Å². The summed E-state index contributed by atoms with van der Waals surface area (Å²) >= 11 is 0. The molecule has 2 aromatic rings. The average Bonchev–Trinajstić information content (AvgIpc) is 3.00. The summed E-state index contributed by atoms with van der Waals surface area (Å²) in [6, 6.07) is 3.85. The Balaban J connectivity index is 1.73. The third-order valence-electron chi connectivity index (χ3n) is 4.90. The van der Waals surface area contributed by atoms with Crippen LogP contribution in [0.15, 0.2) is 24.5 Å². The van der Waals surface area contributed by atoms with Gasteiger partial charge in [-0.25, -0.2) is 0 Å². The number of carbonyl (C=O) groups is 2. The molecule has 0 bridgehead atoms. The van der Waals surface area contributed by atoms with Crippen molar-refractivity contribution >= 4 is 28.5 Å². The fourth-order valence-corrected chi connectivity index (χ4v) is 3.57. The predicted molar refractivity (Wildman–Crippen MR) is 101 cm³/mol. The maximum absolute atomic E-state index is 12.1. The van der Waals surface area contributed by atoms with E-state index < -0.39 is 11.6 Å². The van der Waals surface area contributed by atoms with Crippen LogP contribution in [0.5, 0.6) is 0 Å². The Hall–Kier alpha value is -2.74. The van der Waals surface area contributed by atoms with Gasteiger partial charge in [-0.1, -0.05) is 0 Å². The molecule has 8 heteroatoms. The van der Waals surface area contributed by atoms with E-state index in [0.717, 1.165) is 22.3 Å². The highest BCUT2D eigenvalue weighted by molar-refractivity contribution is 5.91.